The summed E-state index contributed by atoms with van der Waals surface area (Å²) in [6.07, 6.45) is 4.22. The maximum atomic E-state index is 10.8. The van der Waals surface area contributed by atoms with Gasteiger partial charge in [0.05, 0.1) is 5.92 Å². The minimum atomic E-state index is -0.760. The van der Waals surface area contributed by atoms with Crippen molar-refractivity contribution in [3.05, 3.63) is 48.0 Å². The van der Waals surface area contributed by atoms with E-state index >= 15 is 0 Å². The van der Waals surface area contributed by atoms with Crippen LogP contribution < -0.4 is 0 Å². The van der Waals surface area contributed by atoms with Gasteiger partial charge in [-0.05, 0) is 31.0 Å². The van der Waals surface area contributed by atoms with Gasteiger partial charge in [-0.15, -0.1) is 0 Å². The number of carbonyl (C=O) groups is 1. The molecule has 0 aliphatic heterocycles. The number of aryl methyl sites for hydroxylation is 1. The van der Waals surface area contributed by atoms with Crippen LogP contribution in [0, 0.1) is 12.8 Å². The van der Waals surface area contributed by atoms with E-state index in [9.17, 15) is 4.79 Å². The third-order valence-electron chi connectivity index (χ3n) is 3.00. The summed E-state index contributed by atoms with van der Waals surface area (Å²) < 4.78 is 1.99. The van der Waals surface area contributed by atoms with E-state index in [1.807, 2.05) is 42.0 Å². The number of imidazole rings is 1. The molecule has 0 radical (unpaired) electrons. The molecule has 0 bridgehead atoms. The Balaban J connectivity index is 2.16. The van der Waals surface area contributed by atoms with E-state index in [-0.39, 0.29) is 5.92 Å². The Hall–Kier alpha value is -2.10. The second kappa shape index (κ2) is 5.04. The molecule has 0 saturated carbocycles. The Morgan fingerprint density at radius 2 is 2.06 bits per heavy atom. The Morgan fingerprint density at radius 3 is 2.56 bits per heavy atom. The van der Waals surface area contributed by atoms with Crippen molar-refractivity contribution in [3.63, 3.8) is 0 Å². The van der Waals surface area contributed by atoms with Crippen LogP contribution >= 0.6 is 0 Å². The maximum Gasteiger partial charge on any atom is 0.306 e. The summed E-state index contributed by atoms with van der Waals surface area (Å²) in [7, 11) is 0. The molecular weight excluding hydrogens is 228 g/mol. The normalized spacial score (nSPS) is 12.3. The fourth-order valence-electron chi connectivity index (χ4n) is 1.88. The molecule has 1 aromatic heterocycles. The van der Waals surface area contributed by atoms with Crippen molar-refractivity contribution in [2.24, 2.45) is 5.92 Å². The van der Waals surface area contributed by atoms with E-state index in [1.54, 1.807) is 13.1 Å². The number of carboxylic acids is 1. The largest absolute Gasteiger partial charge is 0.481 e. The number of hydrogen-bond acceptors (Lipinski definition) is 2. The SMILES string of the molecule is Cc1nccn1-c1ccc(CC(C)C(=O)O)cc1. The van der Waals surface area contributed by atoms with Gasteiger partial charge in [-0.2, -0.15) is 0 Å². The first-order chi connectivity index (χ1) is 8.58. The van der Waals surface area contributed by atoms with Crippen LogP contribution in [0.2, 0.25) is 0 Å². The molecule has 4 heteroatoms. The van der Waals surface area contributed by atoms with Gasteiger partial charge in [-0.3, -0.25) is 4.79 Å². The number of benzene rings is 1. The monoisotopic (exact) mass is 244 g/mol. The highest BCUT2D eigenvalue weighted by atomic mass is 16.4. The lowest BCUT2D eigenvalue weighted by atomic mass is 10.0. The van der Waals surface area contributed by atoms with Crippen LogP contribution in [0.3, 0.4) is 0 Å². The van der Waals surface area contributed by atoms with E-state index in [2.05, 4.69) is 4.98 Å². The summed E-state index contributed by atoms with van der Waals surface area (Å²) in [5.74, 6) is -0.183. The van der Waals surface area contributed by atoms with Crippen molar-refractivity contribution in [2.45, 2.75) is 20.3 Å². The first-order valence-electron chi connectivity index (χ1n) is 5.90. The lowest BCUT2D eigenvalue weighted by molar-refractivity contribution is -0.141. The smallest absolute Gasteiger partial charge is 0.306 e. The zero-order chi connectivity index (χ0) is 13.1. The second-order valence-corrected chi connectivity index (χ2v) is 4.45. The van der Waals surface area contributed by atoms with Crippen LogP contribution in [0.1, 0.15) is 18.3 Å². The van der Waals surface area contributed by atoms with Crippen LogP contribution in [0.5, 0.6) is 0 Å². The third kappa shape index (κ3) is 2.59. The van der Waals surface area contributed by atoms with Gasteiger partial charge >= 0.3 is 5.97 Å². The molecule has 1 unspecified atom stereocenters. The topological polar surface area (TPSA) is 55.1 Å². The van der Waals surface area contributed by atoms with Crippen molar-refractivity contribution in [1.29, 1.82) is 0 Å². The Labute approximate surface area is 106 Å². The maximum absolute atomic E-state index is 10.8. The second-order valence-electron chi connectivity index (χ2n) is 4.45. The number of hydrogen-bond donors (Lipinski definition) is 1. The summed E-state index contributed by atoms with van der Waals surface area (Å²) in [6.45, 7) is 3.66. The highest BCUT2D eigenvalue weighted by molar-refractivity contribution is 5.69. The number of nitrogens with zero attached hydrogens (tertiary/aromatic N) is 2. The van der Waals surface area contributed by atoms with Gasteiger partial charge in [-0.1, -0.05) is 19.1 Å². The number of aliphatic carboxylic acids is 1. The Kier molecular flexibility index (Phi) is 3.46. The van der Waals surface area contributed by atoms with Crippen molar-refractivity contribution in [1.82, 2.24) is 9.55 Å². The van der Waals surface area contributed by atoms with E-state index in [0.29, 0.717) is 6.42 Å². The molecule has 0 amide bonds. The van der Waals surface area contributed by atoms with Gasteiger partial charge in [0.15, 0.2) is 0 Å². The van der Waals surface area contributed by atoms with Crippen molar-refractivity contribution in [3.8, 4) is 5.69 Å². The number of carboxylic acid groups (broad SMARTS) is 1. The molecule has 0 saturated heterocycles. The molecule has 0 aliphatic carbocycles. The van der Waals surface area contributed by atoms with Crippen molar-refractivity contribution in [2.75, 3.05) is 0 Å². The minimum absolute atomic E-state index is 0.356. The molecule has 4 nitrogen and oxygen atoms in total. The fraction of sp³-hybridized carbons (Fsp3) is 0.286. The average Bonchev–Trinajstić information content (AvgIpc) is 2.76. The molecule has 1 N–H and O–H groups in total. The van der Waals surface area contributed by atoms with Crippen molar-refractivity contribution >= 4 is 5.97 Å². The molecule has 1 aromatic carbocycles. The highest BCUT2D eigenvalue weighted by Gasteiger charge is 2.11. The van der Waals surface area contributed by atoms with Gasteiger partial charge in [0.25, 0.3) is 0 Å². The molecule has 1 atom stereocenters. The predicted molar refractivity (Wildman–Crippen MR) is 68.8 cm³/mol. The number of aromatic nitrogens is 2. The van der Waals surface area contributed by atoms with Crippen LogP contribution in [-0.4, -0.2) is 20.6 Å². The van der Waals surface area contributed by atoms with E-state index in [1.165, 1.54) is 0 Å². The predicted octanol–water partition coefficient (Wildman–Crippen LogP) is 2.44. The van der Waals surface area contributed by atoms with Crippen molar-refractivity contribution < 1.29 is 9.90 Å². The molecular formula is C14H16N2O2. The van der Waals surface area contributed by atoms with E-state index < -0.39 is 5.97 Å². The summed E-state index contributed by atoms with van der Waals surface area (Å²) in [5.41, 5.74) is 2.07. The van der Waals surface area contributed by atoms with Gasteiger partial charge in [-0.25, -0.2) is 4.98 Å². The van der Waals surface area contributed by atoms with Gasteiger partial charge < -0.3 is 9.67 Å². The molecule has 94 valence electrons. The fourth-order valence-corrected chi connectivity index (χ4v) is 1.88. The Bertz CT molecular complexity index is 543. The van der Waals surface area contributed by atoms with Crippen LogP contribution in [0.4, 0.5) is 0 Å². The third-order valence-corrected chi connectivity index (χ3v) is 3.00. The van der Waals surface area contributed by atoms with E-state index in [0.717, 1.165) is 17.1 Å². The standard InChI is InChI=1S/C14H16N2O2/c1-10(14(17)18)9-12-3-5-13(6-4-12)16-8-7-15-11(16)2/h3-8,10H,9H2,1-2H3,(H,17,18). The van der Waals surface area contributed by atoms with E-state index in [4.69, 9.17) is 5.11 Å². The zero-order valence-corrected chi connectivity index (χ0v) is 10.5. The molecule has 2 rings (SSSR count). The van der Waals surface area contributed by atoms with Crippen LogP contribution in [-0.2, 0) is 11.2 Å². The van der Waals surface area contributed by atoms with Crippen LogP contribution in [0.25, 0.3) is 5.69 Å². The van der Waals surface area contributed by atoms with Gasteiger partial charge in [0, 0.05) is 18.1 Å². The average molecular weight is 244 g/mol. The number of rotatable bonds is 4. The lowest BCUT2D eigenvalue weighted by Gasteiger charge is -2.08. The molecule has 2 aromatic rings. The summed E-state index contributed by atoms with van der Waals surface area (Å²) in [6, 6.07) is 7.90. The summed E-state index contributed by atoms with van der Waals surface area (Å²) in [5, 5.41) is 8.87. The molecule has 18 heavy (non-hydrogen) atoms. The quantitative estimate of drug-likeness (QED) is 0.898. The zero-order valence-electron chi connectivity index (χ0n) is 10.5. The molecule has 0 aliphatic rings. The molecule has 1 heterocycles. The van der Waals surface area contributed by atoms with Gasteiger partial charge in [0.2, 0.25) is 0 Å². The molecule has 0 spiro atoms. The van der Waals surface area contributed by atoms with Gasteiger partial charge in [0.1, 0.15) is 5.82 Å². The first kappa shape index (κ1) is 12.4. The Morgan fingerprint density at radius 1 is 1.39 bits per heavy atom. The van der Waals surface area contributed by atoms with Crippen LogP contribution in [0.15, 0.2) is 36.7 Å². The first-order valence-corrected chi connectivity index (χ1v) is 5.90. The summed E-state index contributed by atoms with van der Waals surface area (Å²) >= 11 is 0. The highest BCUT2D eigenvalue weighted by Crippen LogP contribution is 2.14. The summed E-state index contributed by atoms with van der Waals surface area (Å²) in [4.78, 5) is 15.0. The lowest BCUT2D eigenvalue weighted by Crippen LogP contribution is -2.12. The minimum Gasteiger partial charge on any atom is -0.481 e. The molecule has 0 fully saturated rings.